The average molecular weight is 330 g/mol. The molecule has 2 heterocycles. The molecule has 0 aliphatic carbocycles. The molecule has 20 heavy (non-hydrogen) atoms. The molecule has 0 saturated carbocycles. The van der Waals surface area contributed by atoms with Gasteiger partial charge in [0.2, 0.25) is 10.0 Å². The Labute approximate surface area is 125 Å². The van der Waals surface area contributed by atoms with E-state index in [0.29, 0.717) is 5.56 Å². The largest absolute Gasteiger partial charge is 0.334 e. The van der Waals surface area contributed by atoms with Crippen molar-refractivity contribution in [1.82, 2.24) is 4.90 Å². The van der Waals surface area contributed by atoms with E-state index in [0.717, 1.165) is 16.2 Å². The summed E-state index contributed by atoms with van der Waals surface area (Å²) in [7, 11) is -2.06. The Hall–Kier alpha value is -1.22. The summed E-state index contributed by atoms with van der Waals surface area (Å²) < 4.78 is 22.4. The van der Waals surface area contributed by atoms with Crippen molar-refractivity contribution in [2.45, 2.75) is 17.2 Å². The molecule has 1 unspecified atom stereocenters. The van der Waals surface area contributed by atoms with Crippen molar-refractivity contribution in [3.63, 3.8) is 0 Å². The molecule has 2 rings (SSSR count). The lowest BCUT2D eigenvalue weighted by Crippen LogP contribution is -2.28. The second-order valence-corrected chi connectivity index (χ2v) is 7.99. The Morgan fingerprint density at radius 3 is 2.60 bits per heavy atom. The molecule has 0 aromatic carbocycles. The number of amides is 1. The van der Waals surface area contributed by atoms with Gasteiger partial charge < -0.3 is 4.90 Å². The van der Waals surface area contributed by atoms with E-state index in [1.807, 2.05) is 24.4 Å². The first-order valence-electron chi connectivity index (χ1n) is 5.72. The molecule has 0 spiro atoms. The topological polar surface area (TPSA) is 80.5 Å². The summed E-state index contributed by atoms with van der Waals surface area (Å²) in [5.74, 6) is -0.225. The second kappa shape index (κ2) is 5.65. The first kappa shape index (κ1) is 15.2. The van der Waals surface area contributed by atoms with Crippen molar-refractivity contribution in [3.05, 3.63) is 39.4 Å². The summed E-state index contributed by atoms with van der Waals surface area (Å²) in [5.41, 5.74) is 0.338. The third-order valence-corrected chi connectivity index (χ3v) is 6.39. The SMILES string of the molecule is CC(c1cccs1)N(C)C(=O)c1csc(S(N)(=O)=O)c1. The van der Waals surface area contributed by atoms with Crippen LogP contribution in [0.25, 0.3) is 0 Å². The lowest BCUT2D eigenvalue weighted by atomic mass is 10.2. The zero-order valence-corrected chi connectivity index (χ0v) is 13.4. The van der Waals surface area contributed by atoms with Gasteiger partial charge in [0, 0.05) is 17.3 Å². The number of hydrogen-bond acceptors (Lipinski definition) is 5. The molecule has 2 aromatic rings. The fraction of sp³-hybridized carbons (Fsp3) is 0.250. The standard InChI is InChI=1S/C12H14N2O3S3/c1-8(10-4-3-5-18-10)14(2)12(15)9-6-11(19-7-9)20(13,16)17/h3-8H,1-2H3,(H2,13,16,17). The van der Waals surface area contributed by atoms with E-state index in [-0.39, 0.29) is 16.2 Å². The van der Waals surface area contributed by atoms with Crippen LogP contribution < -0.4 is 5.14 Å². The number of sulfonamides is 1. The minimum Gasteiger partial charge on any atom is -0.334 e. The number of nitrogens with zero attached hydrogens (tertiary/aromatic N) is 1. The Bertz CT molecular complexity index is 704. The molecule has 0 fully saturated rings. The van der Waals surface area contributed by atoms with Gasteiger partial charge in [-0.1, -0.05) is 6.07 Å². The summed E-state index contributed by atoms with van der Waals surface area (Å²) in [6.45, 7) is 1.93. The molecule has 1 amide bonds. The van der Waals surface area contributed by atoms with E-state index in [4.69, 9.17) is 5.14 Å². The van der Waals surface area contributed by atoms with E-state index < -0.39 is 10.0 Å². The quantitative estimate of drug-likeness (QED) is 0.934. The van der Waals surface area contributed by atoms with Gasteiger partial charge in [0.1, 0.15) is 4.21 Å². The molecule has 8 heteroatoms. The number of rotatable bonds is 4. The van der Waals surface area contributed by atoms with E-state index in [1.54, 1.807) is 23.3 Å². The van der Waals surface area contributed by atoms with Crippen LogP contribution in [0.3, 0.4) is 0 Å². The maximum atomic E-state index is 12.3. The molecule has 5 nitrogen and oxygen atoms in total. The highest BCUT2D eigenvalue weighted by Gasteiger charge is 2.22. The Balaban J connectivity index is 2.21. The number of carbonyl (C=O) groups excluding carboxylic acids is 1. The van der Waals surface area contributed by atoms with Crippen molar-refractivity contribution in [1.29, 1.82) is 0 Å². The van der Waals surface area contributed by atoms with Crippen LogP contribution >= 0.6 is 22.7 Å². The minimum absolute atomic E-state index is 0.00183. The smallest absolute Gasteiger partial charge is 0.255 e. The van der Waals surface area contributed by atoms with E-state index in [2.05, 4.69) is 0 Å². The number of nitrogens with two attached hydrogens (primary N) is 1. The highest BCUT2D eigenvalue weighted by Crippen LogP contribution is 2.26. The first-order chi connectivity index (χ1) is 9.30. The first-order valence-corrected chi connectivity index (χ1v) is 9.03. The van der Waals surface area contributed by atoms with Crippen molar-refractivity contribution in [2.24, 2.45) is 5.14 Å². The Morgan fingerprint density at radius 1 is 1.40 bits per heavy atom. The maximum Gasteiger partial charge on any atom is 0.255 e. The predicted octanol–water partition coefficient (Wildman–Crippen LogP) is 2.29. The van der Waals surface area contributed by atoms with Crippen molar-refractivity contribution in [2.75, 3.05) is 7.05 Å². The van der Waals surface area contributed by atoms with Gasteiger partial charge in [0.05, 0.1) is 11.6 Å². The van der Waals surface area contributed by atoms with Gasteiger partial charge in [-0.3, -0.25) is 4.79 Å². The van der Waals surface area contributed by atoms with Gasteiger partial charge in [0.15, 0.2) is 0 Å². The monoisotopic (exact) mass is 330 g/mol. The van der Waals surface area contributed by atoms with Crippen LogP contribution in [0.2, 0.25) is 0 Å². The number of thiophene rings is 2. The van der Waals surface area contributed by atoms with Crippen LogP contribution in [-0.2, 0) is 10.0 Å². The second-order valence-electron chi connectivity index (χ2n) is 4.31. The average Bonchev–Trinajstić information content (AvgIpc) is 3.05. The van der Waals surface area contributed by atoms with E-state index in [1.165, 1.54) is 11.4 Å². The molecule has 0 aliphatic heterocycles. The Morgan fingerprint density at radius 2 is 2.10 bits per heavy atom. The summed E-state index contributed by atoms with van der Waals surface area (Å²) >= 11 is 2.53. The van der Waals surface area contributed by atoms with Crippen molar-refractivity contribution < 1.29 is 13.2 Å². The molecular weight excluding hydrogens is 316 g/mol. The minimum atomic E-state index is -3.75. The number of primary sulfonamides is 1. The highest BCUT2D eigenvalue weighted by molar-refractivity contribution is 7.91. The van der Waals surface area contributed by atoms with Crippen molar-refractivity contribution >= 4 is 38.6 Å². The van der Waals surface area contributed by atoms with Crippen LogP contribution in [0, 0.1) is 0 Å². The molecule has 2 aromatic heterocycles. The molecular formula is C12H14N2O3S3. The van der Waals surface area contributed by atoms with Crippen LogP contribution in [0.4, 0.5) is 0 Å². The van der Waals surface area contributed by atoms with E-state index >= 15 is 0 Å². The van der Waals surface area contributed by atoms with Gasteiger partial charge in [0.25, 0.3) is 5.91 Å². The molecule has 0 bridgehead atoms. The zero-order chi connectivity index (χ0) is 14.9. The van der Waals surface area contributed by atoms with Gasteiger partial charge in [-0.15, -0.1) is 22.7 Å². The number of hydrogen-bond donors (Lipinski definition) is 1. The van der Waals surface area contributed by atoms with E-state index in [9.17, 15) is 13.2 Å². The molecule has 0 radical (unpaired) electrons. The van der Waals surface area contributed by atoms with Gasteiger partial charge >= 0.3 is 0 Å². The lowest BCUT2D eigenvalue weighted by molar-refractivity contribution is 0.0745. The molecule has 0 aliphatic rings. The fourth-order valence-corrected chi connectivity index (χ4v) is 4.08. The van der Waals surface area contributed by atoms with Gasteiger partial charge in [-0.2, -0.15) is 0 Å². The van der Waals surface area contributed by atoms with Gasteiger partial charge in [-0.05, 0) is 24.4 Å². The summed E-state index contributed by atoms with van der Waals surface area (Å²) in [6.07, 6.45) is 0. The summed E-state index contributed by atoms with van der Waals surface area (Å²) in [6, 6.07) is 5.14. The number of carbonyl (C=O) groups is 1. The Kier molecular flexibility index (Phi) is 4.28. The fourth-order valence-electron chi connectivity index (χ4n) is 1.68. The van der Waals surface area contributed by atoms with Crippen LogP contribution in [0.5, 0.6) is 0 Å². The zero-order valence-electron chi connectivity index (χ0n) is 10.9. The highest BCUT2D eigenvalue weighted by atomic mass is 32.2. The van der Waals surface area contributed by atoms with Gasteiger partial charge in [-0.25, -0.2) is 13.6 Å². The van der Waals surface area contributed by atoms with Crippen LogP contribution in [0.1, 0.15) is 28.2 Å². The third kappa shape index (κ3) is 3.09. The van der Waals surface area contributed by atoms with Crippen molar-refractivity contribution in [3.8, 4) is 0 Å². The normalized spacial score (nSPS) is 13.2. The molecule has 0 saturated heterocycles. The van der Waals surface area contributed by atoms with Crippen LogP contribution in [-0.4, -0.2) is 26.3 Å². The maximum absolute atomic E-state index is 12.3. The lowest BCUT2D eigenvalue weighted by Gasteiger charge is -2.23. The predicted molar refractivity (Wildman–Crippen MR) is 80.5 cm³/mol. The third-order valence-electron chi connectivity index (χ3n) is 2.96. The molecule has 1 atom stereocenters. The molecule has 2 N–H and O–H groups in total. The molecule has 108 valence electrons. The van der Waals surface area contributed by atoms with Crippen LogP contribution in [0.15, 0.2) is 33.2 Å². The summed E-state index contributed by atoms with van der Waals surface area (Å²) in [4.78, 5) is 15.0. The summed E-state index contributed by atoms with van der Waals surface area (Å²) in [5, 5.41) is 8.51.